The second-order valence-electron chi connectivity index (χ2n) is 6.01. The van der Waals surface area contributed by atoms with Gasteiger partial charge in [0.15, 0.2) is 0 Å². The number of pyridine rings is 1. The molecule has 3 heteroatoms. The molecule has 1 aliphatic carbocycles. The molecule has 0 aromatic carbocycles. The molecule has 1 saturated heterocycles. The Hall–Kier alpha value is -0.960. The van der Waals surface area contributed by atoms with Gasteiger partial charge in [0, 0.05) is 10.9 Å². The molecule has 0 N–H and O–H groups in total. The van der Waals surface area contributed by atoms with Gasteiger partial charge in [-0.15, -0.1) is 11.8 Å². The minimum Gasteiger partial charge on any atom is -0.302 e. The predicted octanol–water partition coefficient (Wildman–Crippen LogP) is 4.38. The van der Waals surface area contributed by atoms with Crippen molar-refractivity contribution in [2.75, 3.05) is 0 Å². The zero-order valence-electron chi connectivity index (χ0n) is 11.4. The summed E-state index contributed by atoms with van der Waals surface area (Å²) >= 11 is 2.18. The number of fused-ring (bicyclic) bond motifs is 1. The van der Waals surface area contributed by atoms with E-state index in [2.05, 4.69) is 40.2 Å². The summed E-state index contributed by atoms with van der Waals surface area (Å²) in [6, 6.07) is 4.43. The van der Waals surface area contributed by atoms with E-state index in [-0.39, 0.29) is 0 Å². The van der Waals surface area contributed by atoms with Gasteiger partial charge in [-0.3, -0.25) is 0 Å². The van der Waals surface area contributed by atoms with Crippen LogP contribution in [-0.4, -0.2) is 14.6 Å². The maximum atomic E-state index is 4.30. The predicted molar refractivity (Wildman–Crippen MR) is 80.6 cm³/mol. The lowest BCUT2D eigenvalue weighted by molar-refractivity contribution is 0.360. The Labute approximate surface area is 118 Å². The number of imidazole rings is 1. The first-order chi connectivity index (χ1) is 9.34. The average Bonchev–Trinajstić information content (AvgIpc) is 3.08. The molecule has 2 atom stereocenters. The molecule has 4 rings (SSSR count). The van der Waals surface area contributed by atoms with Crippen LogP contribution in [0.2, 0.25) is 0 Å². The van der Waals surface area contributed by atoms with Crippen molar-refractivity contribution in [3.05, 3.63) is 35.9 Å². The maximum Gasteiger partial charge on any atom is 0.0994 e. The summed E-state index contributed by atoms with van der Waals surface area (Å²) in [5.41, 5.74) is 4.15. The first-order valence-electron chi connectivity index (χ1n) is 7.41. The highest BCUT2D eigenvalue weighted by atomic mass is 32.2. The molecule has 1 saturated carbocycles. The Morgan fingerprint density at radius 3 is 2.89 bits per heavy atom. The number of hydrogen-bond donors (Lipinski definition) is 0. The number of aryl methyl sites for hydroxylation is 1. The molecular formula is C16H20N2S. The third kappa shape index (κ3) is 1.99. The molecule has 0 radical (unpaired) electrons. The van der Waals surface area contributed by atoms with Crippen molar-refractivity contribution in [3.63, 3.8) is 0 Å². The summed E-state index contributed by atoms with van der Waals surface area (Å²) in [5, 5.41) is 1.58. The van der Waals surface area contributed by atoms with Crippen molar-refractivity contribution >= 4 is 17.3 Å². The Balaban J connectivity index is 1.65. The fourth-order valence-corrected chi connectivity index (χ4v) is 5.16. The second kappa shape index (κ2) is 4.55. The van der Waals surface area contributed by atoms with Gasteiger partial charge < -0.3 is 4.40 Å². The van der Waals surface area contributed by atoms with Crippen LogP contribution in [0.3, 0.4) is 0 Å². The number of hydrogen-bond acceptors (Lipinski definition) is 2. The van der Waals surface area contributed by atoms with Crippen LogP contribution in [0.25, 0.3) is 5.52 Å². The van der Waals surface area contributed by atoms with Crippen molar-refractivity contribution in [3.8, 4) is 0 Å². The third-order valence-electron chi connectivity index (χ3n) is 4.74. The fourth-order valence-electron chi connectivity index (χ4n) is 3.64. The molecule has 2 aromatic heterocycles. The lowest BCUT2D eigenvalue weighted by Crippen LogP contribution is -2.13. The minimum atomic E-state index is 0.709. The smallest absolute Gasteiger partial charge is 0.0994 e. The summed E-state index contributed by atoms with van der Waals surface area (Å²) in [7, 11) is 0. The average molecular weight is 272 g/mol. The van der Waals surface area contributed by atoms with E-state index >= 15 is 0 Å². The van der Waals surface area contributed by atoms with Crippen LogP contribution in [0.1, 0.15) is 48.6 Å². The molecule has 0 bridgehead atoms. The summed E-state index contributed by atoms with van der Waals surface area (Å²) in [6.45, 7) is 2.24. The highest BCUT2D eigenvalue weighted by molar-refractivity contribution is 8.07. The van der Waals surface area contributed by atoms with Crippen molar-refractivity contribution < 1.29 is 0 Å². The van der Waals surface area contributed by atoms with Gasteiger partial charge in [0.25, 0.3) is 0 Å². The molecular weight excluding hydrogens is 252 g/mol. The summed E-state index contributed by atoms with van der Waals surface area (Å²) in [5.74, 6) is 0.960. The number of rotatable bonds is 2. The number of thioether (sulfide) groups is 1. The van der Waals surface area contributed by atoms with Crippen LogP contribution >= 0.6 is 11.8 Å². The zero-order valence-corrected chi connectivity index (χ0v) is 12.2. The van der Waals surface area contributed by atoms with Crippen LogP contribution in [0.4, 0.5) is 0 Å². The van der Waals surface area contributed by atoms with Crippen LogP contribution in [0.15, 0.2) is 24.7 Å². The van der Waals surface area contributed by atoms with E-state index in [1.165, 1.54) is 48.9 Å². The van der Waals surface area contributed by atoms with Gasteiger partial charge in [-0.1, -0.05) is 25.3 Å². The largest absolute Gasteiger partial charge is 0.302 e. The molecule has 2 aromatic rings. The van der Waals surface area contributed by atoms with E-state index < -0.39 is 0 Å². The van der Waals surface area contributed by atoms with Gasteiger partial charge in [0.2, 0.25) is 0 Å². The molecule has 2 aliphatic rings. The highest BCUT2D eigenvalue weighted by Crippen LogP contribution is 2.61. The van der Waals surface area contributed by atoms with Gasteiger partial charge in [0.1, 0.15) is 0 Å². The molecule has 2 unspecified atom stereocenters. The molecule has 2 fully saturated rings. The van der Waals surface area contributed by atoms with Crippen molar-refractivity contribution in [2.45, 2.75) is 49.5 Å². The summed E-state index contributed by atoms with van der Waals surface area (Å²) in [4.78, 5) is 4.30. The minimum absolute atomic E-state index is 0.709. The molecule has 0 amide bonds. The molecule has 100 valence electrons. The van der Waals surface area contributed by atoms with Gasteiger partial charge >= 0.3 is 0 Å². The van der Waals surface area contributed by atoms with Crippen molar-refractivity contribution in [2.24, 2.45) is 5.92 Å². The van der Waals surface area contributed by atoms with Gasteiger partial charge in [0.05, 0.1) is 23.3 Å². The third-order valence-corrected chi connectivity index (χ3v) is 6.21. The second-order valence-corrected chi connectivity index (χ2v) is 7.33. The monoisotopic (exact) mass is 272 g/mol. The Kier molecular flexibility index (Phi) is 2.83. The van der Waals surface area contributed by atoms with Crippen LogP contribution in [-0.2, 0) is 0 Å². The highest BCUT2D eigenvalue weighted by Gasteiger charge is 2.46. The van der Waals surface area contributed by atoms with Gasteiger partial charge in [-0.2, -0.15) is 0 Å². The van der Waals surface area contributed by atoms with Crippen molar-refractivity contribution in [1.29, 1.82) is 0 Å². The number of nitrogens with zero attached hydrogens (tertiary/aromatic N) is 2. The molecule has 1 aliphatic heterocycles. The van der Waals surface area contributed by atoms with Crippen molar-refractivity contribution in [1.82, 2.24) is 9.38 Å². The summed E-state index contributed by atoms with van der Waals surface area (Å²) < 4.78 is 2.30. The molecule has 2 nitrogen and oxygen atoms in total. The summed E-state index contributed by atoms with van der Waals surface area (Å²) in [6.07, 6.45) is 11.2. The fraction of sp³-hybridized carbons (Fsp3) is 0.562. The number of aromatic nitrogens is 2. The lowest BCUT2D eigenvalue weighted by atomic mass is 9.85. The van der Waals surface area contributed by atoms with E-state index in [9.17, 15) is 0 Å². The van der Waals surface area contributed by atoms with Gasteiger partial charge in [-0.25, -0.2) is 4.98 Å². The zero-order chi connectivity index (χ0) is 12.8. The molecule has 19 heavy (non-hydrogen) atoms. The van der Waals surface area contributed by atoms with Crippen LogP contribution in [0.5, 0.6) is 0 Å². The van der Waals surface area contributed by atoms with Crippen LogP contribution in [0, 0.1) is 12.8 Å². The SMILES string of the molecule is Cc1ccc2cncn2c1C1SC1C1CCCCC1. The standard InChI is InChI=1S/C16H20N2S/c1-11-7-8-13-9-17-10-18(13)14(11)16-15(19-16)12-5-3-2-4-6-12/h7-10,12,15-16H,2-6H2,1H3. The normalized spacial score (nSPS) is 27.8. The first-order valence-corrected chi connectivity index (χ1v) is 8.36. The maximum absolute atomic E-state index is 4.30. The molecule has 3 heterocycles. The Morgan fingerprint density at radius 1 is 1.21 bits per heavy atom. The Morgan fingerprint density at radius 2 is 2.05 bits per heavy atom. The van der Waals surface area contributed by atoms with E-state index in [0.717, 1.165) is 11.2 Å². The van der Waals surface area contributed by atoms with Crippen LogP contribution < -0.4 is 0 Å². The quantitative estimate of drug-likeness (QED) is 0.755. The Bertz CT molecular complexity index is 598. The van der Waals surface area contributed by atoms with E-state index in [0.29, 0.717) is 5.25 Å². The van der Waals surface area contributed by atoms with E-state index in [1.807, 2.05) is 12.5 Å². The molecule has 0 spiro atoms. The van der Waals surface area contributed by atoms with E-state index in [1.54, 1.807) is 0 Å². The van der Waals surface area contributed by atoms with Gasteiger partial charge in [-0.05, 0) is 37.3 Å². The topological polar surface area (TPSA) is 17.3 Å². The lowest BCUT2D eigenvalue weighted by Gasteiger charge is -2.21. The van der Waals surface area contributed by atoms with E-state index in [4.69, 9.17) is 0 Å². The first kappa shape index (κ1) is 11.8.